The van der Waals surface area contributed by atoms with Gasteiger partial charge in [0.2, 0.25) is 11.8 Å². The predicted octanol–water partition coefficient (Wildman–Crippen LogP) is 1.79. The van der Waals surface area contributed by atoms with Crippen molar-refractivity contribution in [3.8, 4) is 0 Å². The molecule has 8 heteroatoms. The topological polar surface area (TPSA) is 114 Å². The lowest BCUT2D eigenvalue weighted by atomic mass is 10.1. The molecular formula is C19H29N5O2S. The molecule has 7 nitrogen and oxygen atoms in total. The minimum absolute atomic E-state index is 0.0142. The summed E-state index contributed by atoms with van der Waals surface area (Å²) in [6, 6.07) is 1.87. The number of carbonyl (C=O) groups is 2. The van der Waals surface area contributed by atoms with E-state index in [0.717, 1.165) is 41.4 Å². The Balaban J connectivity index is 2.24. The van der Waals surface area contributed by atoms with Crippen LogP contribution in [0.5, 0.6) is 0 Å². The van der Waals surface area contributed by atoms with Gasteiger partial charge in [0.25, 0.3) is 0 Å². The number of nitrogens with one attached hydrogen (secondary N) is 1. The highest BCUT2D eigenvalue weighted by Gasteiger charge is 2.22. The molecule has 0 unspecified atom stereocenters. The van der Waals surface area contributed by atoms with Crippen molar-refractivity contribution >= 4 is 40.8 Å². The van der Waals surface area contributed by atoms with Gasteiger partial charge in [-0.2, -0.15) is 0 Å². The number of hydrogen-bond donors (Lipinski definition) is 3. The van der Waals surface area contributed by atoms with E-state index >= 15 is 0 Å². The zero-order chi connectivity index (χ0) is 19.8. The molecule has 1 aromatic rings. The Morgan fingerprint density at radius 1 is 1.30 bits per heavy atom. The number of amidine groups is 1. The first kappa shape index (κ1) is 21.1. The van der Waals surface area contributed by atoms with E-state index in [-0.39, 0.29) is 18.2 Å². The summed E-state index contributed by atoms with van der Waals surface area (Å²) in [6.45, 7) is 6.45. The van der Waals surface area contributed by atoms with Crippen LogP contribution in [0.2, 0.25) is 0 Å². The van der Waals surface area contributed by atoms with Gasteiger partial charge in [-0.25, -0.2) is 4.99 Å². The number of nitrogens with two attached hydrogens (primary N) is 2. The Bertz CT molecular complexity index is 732. The van der Waals surface area contributed by atoms with Crippen LogP contribution in [-0.2, 0) is 16.0 Å². The minimum Gasteiger partial charge on any atom is -0.387 e. The second-order valence-corrected chi connectivity index (χ2v) is 7.69. The fraction of sp³-hybridized carbons (Fsp3) is 0.526. The Morgan fingerprint density at radius 2 is 2.00 bits per heavy atom. The highest BCUT2D eigenvalue weighted by molar-refractivity contribution is 7.13. The molecule has 1 aliphatic heterocycles. The molecule has 1 aliphatic rings. The number of rotatable bonds is 9. The Morgan fingerprint density at radius 3 is 2.63 bits per heavy atom. The van der Waals surface area contributed by atoms with Gasteiger partial charge in [0.05, 0.1) is 17.0 Å². The second kappa shape index (κ2) is 10.2. The van der Waals surface area contributed by atoms with Crippen LogP contribution in [0.15, 0.2) is 16.6 Å². The van der Waals surface area contributed by atoms with E-state index in [0.29, 0.717) is 30.9 Å². The summed E-state index contributed by atoms with van der Waals surface area (Å²) < 4.78 is 0. The Hall–Kier alpha value is -2.19. The van der Waals surface area contributed by atoms with Crippen molar-refractivity contribution in [1.29, 1.82) is 0 Å². The third-order valence-corrected chi connectivity index (χ3v) is 5.15. The SMILES string of the molecule is CCCN(CCC)C(=O)C1=Cc2sc(CC(=O)NCCN)cc2N=C(N)C1. The summed E-state index contributed by atoms with van der Waals surface area (Å²) in [6.07, 6.45) is 4.31. The van der Waals surface area contributed by atoms with E-state index in [1.807, 2.05) is 17.0 Å². The molecule has 1 aromatic heterocycles. The third kappa shape index (κ3) is 5.90. The molecule has 0 aliphatic carbocycles. The molecule has 0 fully saturated rings. The van der Waals surface area contributed by atoms with Crippen molar-refractivity contribution in [2.75, 3.05) is 26.2 Å². The number of nitrogens with zero attached hydrogens (tertiary/aromatic N) is 2. The van der Waals surface area contributed by atoms with Crippen molar-refractivity contribution in [2.24, 2.45) is 16.5 Å². The molecule has 0 spiro atoms. The maximum absolute atomic E-state index is 13.0. The number of carbonyl (C=O) groups excluding carboxylic acids is 2. The number of thiophene rings is 1. The summed E-state index contributed by atoms with van der Waals surface area (Å²) in [4.78, 5) is 33.0. The second-order valence-electron chi connectivity index (χ2n) is 6.52. The number of fused-ring (bicyclic) bond motifs is 1. The van der Waals surface area contributed by atoms with E-state index in [4.69, 9.17) is 11.5 Å². The average Bonchev–Trinajstić information content (AvgIpc) is 2.91. The quantitative estimate of drug-likeness (QED) is 0.595. The summed E-state index contributed by atoms with van der Waals surface area (Å²) in [7, 11) is 0. The monoisotopic (exact) mass is 391 g/mol. The molecule has 0 saturated heterocycles. The van der Waals surface area contributed by atoms with Gasteiger partial charge in [-0.15, -0.1) is 11.3 Å². The van der Waals surface area contributed by atoms with Crippen LogP contribution in [0.25, 0.3) is 6.08 Å². The summed E-state index contributed by atoms with van der Waals surface area (Å²) in [5.41, 5.74) is 12.8. The van der Waals surface area contributed by atoms with Crippen molar-refractivity contribution in [1.82, 2.24) is 10.2 Å². The lowest BCUT2D eigenvalue weighted by Gasteiger charge is -2.22. The van der Waals surface area contributed by atoms with Crippen LogP contribution in [0.1, 0.15) is 42.9 Å². The lowest BCUT2D eigenvalue weighted by molar-refractivity contribution is -0.127. The van der Waals surface area contributed by atoms with Crippen LogP contribution < -0.4 is 16.8 Å². The zero-order valence-corrected chi connectivity index (χ0v) is 16.9. The van der Waals surface area contributed by atoms with Gasteiger partial charge in [0, 0.05) is 43.1 Å². The Kier molecular flexibility index (Phi) is 7.99. The first-order valence-corrected chi connectivity index (χ1v) is 10.2. The van der Waals surface area contributed by atoms with Crippen LogP contribution in [0.3, 0.4) is 0 Å². The highest BCUT2D eigenvalue weighted by atomic mass is 32.1. The van der Waals surface area contributed by atoms with Gasteiger partial charge in [0.15, 0.2) is 0 Å². The highest BCUT2D eigenvalue weighted by Crippen LogP contribution is 2.35. The van der Waals surface area contributed by atoms with Crippen molar-refractivity contribution in [3.63, 3.8) is 0 Å². The number of aliphatic imine (C=N–C) groups is 1. The molecule has 0 atom stereocenters. The maximum atomic E-state index is 13.0. The fourth-order valence-electron chi connectivity index (χ4n) is 2.95. The first-order chi connectivity index (χ1) is 13.0. The van der Waals surface area contributed by atoms with Crippen LogP contribution in [-0.4, -0.2) is 48.7 Å². The van der Waals surface area contributed by atoms with Gasteiger partial charge in [-0.3, -0.25) is 9.59 Å². The average molecular weight is 392 g/mol. The standard InChI is InChI=1S/C19H29N5O2S/c1-3-7-24(8-4-2)19(26)13-9-16-15(23-17(21)10-13)11-14(27-16)12-18(25)22-6-5-20/h9,11H,3-8,10,12,20H2,1-2H3,(H2,21,23)(H,22,25). The molecule has 2 heterocycles. The van der Waals surface area contributed by atoms with E-state index in [2.05, 4.69) is 24.2 Å². The summed E-state index contributed by atoms with van der Waals surface area (Å²) in [5.74, 6) is 0.352. The predicted molar refractivity (Wildman–Crippen MR) is 111 cm³/mol. The van der Waals surface area contributed by atoms with Crippen LogP contribution >= 0.6 is 11.3 Å². The molecule has 0 radical (unpaired) electrons. The minimum atomic E-state index is -0.0776. The van der Waals surface area contributed by atoms with Crippen molar-refractivity contribution < 1.29 is 9.59 Å². The Labute approximate surface area is 164 Å². The van der Waals surface area contributed by atoms with Gasteiger partial charge in [0.1, 0.15) is 5.84 Å². The molecule has 0 saturated carbocycles. The van der Waals surface area contributed by atoms with E-state index in [1.165, 1.54) is 11.3 Å². The molecule has 2 rings (SSSR count). The van der Waals surface area contributed by atoms with Crippen LogP contribution in [0.4, 0.5) is 5.69 Å². The number of hydrogen-bond acceptors (Lipinski definition) is 6. The molecule has 148 valence electrons. The molecule has 2 amide bonds. The van der Waals surface area contributed by atoms with Gasteiger partial charge >= 0.3 is 0 Å². The van der Waals surface area contributed by atoms with Gasteiger partial charge in [-0.05, 0) is 25.0 Å². The molecule has 5 N–H and O–H groups in total. The van der Waals surface area contributed by atoms with E-state index in [1.54, 1.807) is 0 Å². The van der Waals surface area contributed by atoms with Crippen molar-refractivity contribution in [2.45, 2.75) is 39.5 Å². The summed E-state index contributed by atoms with van der Waals surface area (Å²) >= 11 is 1.47. The molecule has 0 bridgehead atoms. The van der Waals surface area contributed by atoms with E-state index in [9.17, 15) is 9.59 Å². The third-order valence-electron chi connectivity index (χ3n) is 4.08. The van der Waals surface area contributed by atoms with Gasteiger partial charge < -0.3 is 21.7 Å². The molecule has 27 heavy (non-hydrogen) atoms. The molecular weight excluding hydrogens is 362 g/mol. The maximum Gasteiger partial charge on any atom is 0.250 e. The lowest BCUT2D eigenvalue weighted by Crippen LogP contribution is -2.34. The first-order valence-electron chi connectivity index (χ1n) is 9.40. The largest absolute Gasteiger partial charge is 0.387 e. The zero-order valence-electron chi connectivity index (χ0n) is 16.1. The van der Waals surface area contributed by atoms with E-state index < -0.39 is 0 Å². The van der Waals surface area contributed by atoms with Crippen LogP contribution in [0, 0.1) is 0 Å². The fourth-order valence-corrected chi connectivity index (χ4v) is 4.02. The van der Waals surface area contributed by atoms with Gasteiger partial charge in [-0.1, -0.05) is 13.8 Å². The summed E-state index contributed by atoms with van der Waals surface area (Å²) in [5, 5.41) is 2.76. The number of amides is 2. The normalized spacial score (nSPS) is 13.3. The van der Waals surface area contributed by atoms with Crippen molar-refractivity contribution in [3.05, 3.63) is 21.4 Å². The smallest absolute Gasteiger partial charge is 0.250 e. The molecule has 0 aromatic carbocycles.